The maximum Gasteiger partial charge on any atom is 0.416 e. The Morgan fingerprint density at radius 2 is 1.78 bits per heavy atom. The maximum atomic E-state index is 14.0. The number of carbonyl (C=O) groups excluding carboxylic acids is 1. The summed E-state index contributed by atoms with van der Waals surface area (Å²) in [6.07, 6.45) is -3.46. The van der Waals surface area contributed by atoms with Crippen LogP contribution in [-0.4, -0.2) is 20.7 Å². The van der Waals surface area contributed by atoms with Gasteiger partial charge in [-0.3, -0.25) is 4.79 Å². The molecule has 1 amide bonds. The fraction of sp³-hybridized carbons (Fsp3) is 0.118. The lowest BCUT2D eigenvalue weighted by Gasteiger charge is -2.11. The Bertz CT molecular complexity index is 975. The van der Waals surface area contributed by atoms with E-state index < -0.39 is 34.8 Å². The number of benzene rings is 1. The van der Waals surface area contributed by atoms with Gasteiger partial charge in [0.05, 0.1) is 11.3 Å². The molecular weight excluding hydrogens is 371 g/mol. The van der Waals surface area contributed by atoms with Gasteiger partial charge in [0.25, 0.3) is 5.91 Å². The molecule has 10 heteroatoms. The summed E-state index contributed by atoms with van der Waals surface area (Å²) in [5.41, 5.74) is -2.18. The van der Waals surface area contributed by atoms with Gasteiger partial charge in [-0.25, -0.2) is 13.8 Å². The lowest BCUT2D eigenvalue weighted by atomic mass is 10.1. The van der Waals surface area contributed by atoms with Crippen LogP contribution in [0.4, 0.5) is 27.8 Å². The number of aromatic nitrogens is 3. The highest BCUT2D eigenvalue weighted by Gasteiger charge is 2.33. The number of halogens is 5. The molecule has 140 valence electrons. The van der Waals surface area contributed by atoms with Gasteiger partial charge in [0.15, 0.2) is 5.82 Å². The van der Waals surface area contributed by atoms with Crippen LogP contribution in [0.25, 0.3) is 5.82 Å². The predicted octanol–water partition coefficient (Wildman–Crippen LogP) is 4.13. The number of hydrogen-bond donors (Lipinski definition) is 1. The minimum atomic E-state index is -4.94. The molecule has 0 aliphatic carbocycles. The fourth-order valence-corrected chi connectivity index (χ4v) is 2.37. The second-order valence-corrected chi connectivity index (χ2v) is 5.54. The Labute approximate surface area is 149 Å². The van der Waals surface area contributed by atoms with Crippen LogP contribution >= 0.6 is 0 Å². The summed E-state index contributed by atoms with van der Waals surface area (Å²) in [4.78, 5) is 16.3. The third-order valence-electron chi connectivity index (χ3n) is 3.54. The van der Waals surface area contributed by atoms with E-state index in [4.69, 9.17) is 0 Å². The third-order valence-corrected chi connectivity index (χ3v) is 3.54. The summed E-state index contributed by atoms with van der Waals surface area (Å²) >= 11 is 0. The third kappa shape index (κ3) is 3.78. The molecule has 0 saturated heterocycles. The average Bonchev–Trinajstić information content (AvgIpc) is 2.94. The molecule has 0 bridgehead atoms. The number of amides is 1. The topological polar surface area (TPSA) is 59.8 Å². The number of pyridine rings is 1. The first-order valence-corrected chi connectivity index (χ1v) is 7.52. The molecule has 0 radical (unpaired) electrons. The van der Waals surface area contributed by atoms with Crippen molar-refractivity contribution < 1.29 is 26.7 Å². The highest BCUT2D eigenvalue weighted by molar-refractivity contribution is 6.04. The number of anilines is 1. The van der Waals surface area contributed by atoms with Gasteiger partial charge >= 0.3 is 6.18 Å². The van der Waals surface area contributed by atoms with Crippen LogP contribution in [0.3, 0.4) is 0 Å². The zero-order chi connectivity index (χ0) is 19.8. The first-order chi connectivity index (χ1) is 12.7. The van der Waals surface area contributed by atoms with Crippen molar-refractivity contribution in [1.29, 1.82) is 0 Å². The Morgan fingerprint density at radius 3 is 2.33 bits per heavy atom. The first-order valence-electron chi connectivity index (χ1n) is 7.52. The molecule has 3 rings (SSSR count). The van der Waals surface area contributed by atoms with E-state index in [2.05, 4.69) is 15.4 Å². The zero-order valence-corrected chi connectivity index (χ0v) is 13.7. The van der Waals surface area contributed by atoms with E-state index in [1.54, 1.807) is 25.1 Å². The molecule has 0 atom stereocenters. The fourth-order valence-electron chi connectivity index (χ4n) is 2.37. The molecule has 0 unspecified atom stereocenters. The minimum Gasteiger partial charge on any atom is -0.306 e. The Hall–Kier alpha value is -3.30. The van der Waals surface area contributed by atoms with Crippen LogP contribution in [0.15, 0.2) is 42.6 Å². The lowest BCUT2D eigenvalue weighted by Crippen LogP contribution is -2.19. The van der Waals surface area contributed by atoms with E-state index in [1.165, 1.54) is 16.9 Å². The quantitative estimate of drug-likeness (QED) is 0.693. The molecule has 0 aliphatic heterocycles. The van der Waals surface area contributed by atoms with E-state index in [0.29, 0.717) is 11.5 Å². The number of aryl methyl sites for hydroxylation is 1. The molecule has 1 aromatic carbocycles. The molecule has 0 saturated carbocycles. The van der Waals surface area contributed by atoms with Crippen LogP contribution in [0, 0.1) is 18.6 Å². The van der Waals surface area contributed by atoms with Crippen molar-refractivity contribution in [3.05, 3.63) is 71.1 Å². The zero-order valence-electron chi connectivity index (χ0n) is 13.7. The Balaban J connectivity index is 1.96. The van der Waals surface area contributed by atoms with Crippen LogP contribution < -0.4 is 5.32 Å². The van der Waals surface area contributed by atoms with Gasteiger partial charge in [-0.05, 0) is 31.2 Å². The first kappa shape index (κ1) is 18.5. The van der Waals surface area contributed by atoms with Gasteiger partial charge in [-0.15, -0.1) is 0 Å². The number of rotatable bonds is 3. The molecule has 0 spiro atoms. The molecule has 0 fully saturated rings. The summed E-state index contributed by atoms with van der Waals surface area (Å²) in [6.45, 7) is 1.62. The van der Waals surface area contributed by atoms with Crippen molar-refractivity contribution in [2.75, 3.05) is 5.32 Å². The van der Waals surface area contributed by atoms with Gasteiger partial charge in [-0.2, -0.15) is 23.0 Å². The Morgan fingerprint density at radius 1 is 1.11 bits per heavy atom. The number of hydrogen-bond acceptors (Lipinski definition) is 3. The van der Waals surface area contributed by atoms with Crippen molar-refractivity contribution in [2.45, 2.75) is 13.1 Å². The van der Waals surface area contributed by atoms with E-state index >= 15 is 0 Å². The molecule has 1 N–H and O–H groups in total. The maximum absolute atomic E-state index is 14.0. The van der Waals surface area contributed by atoms with Gasteiger partial charge in [0, 0.05) is 12.3 Å². The number of nitrogens with zero attached hydrogens (tertiary/aromatic N) is 3. The standard InChI is InChI=1S/C17H11F5N4O/c1-9-6-14(26(25-9)13-4-2-3-5-23-13)24-16(27)15-11(18)7-10(8-12(15)19)17(20,21)22/h2-8H,1H3,(H,24,27). The lowest BCUT2D eigenvalue weighted by molar-refractivity contribution is -0.138. The summed E-state index contributed by atoms with van der Waals surface area (Å²) in [5.74, 6) is -4.12. The Kier molecular flexibility index (Phi) is 4.64. The van der Waals surface area contributed by atoms with Crippen molar-refractivity contribution in [3.8, 4) is 5.82 Å². The normalized spacial score (nSPS) is 11.5. The summed E-state index contributed by atoms with van der Waals surface area (Å²) in [6, 6.07) is 6.47. The molecule has 2 aromatic heterocycles. The largest absolute Gasteiger partial charge is 0.416 e. The van der Waals surface area contributed by atoms with Crippen molar-refractivity contribution in [1.82, 2.24) is 14.8 Å². The van der Waals surface area contributed by atoms with Crippen molar-refractivity contribution in [2.24, 2.45) is 0 Å². The monoisotopic (exact) mass is 382 g/mol. The van der Waals surface area contributed by atoms with Crippen LogP contribution in [0.2, 0.25) is 0 Å². The molecular formula is C17H11F5N4O. The van der Waals surface area contributed by atoms with E-state index in [-0.39, 0.29) is 18.0 Å². The van der Waals surface area contributed by atoms with E-state index in [9.17, 15) is 26.7 Å². The summed E-state index contributed by atoms with van der Waals surface area (Å²) < 4.78 is 67.1. The number of nitrogens with one attached hydrogen (secondary N) is 1. The number of carbonyl (C=O) groups is 1. The summed E-state index contributed by atoms with van der Waals surface area (Å²) in [7, 11) is 0. The van der Waals surface area contributed by atoms with Crippen LogP contribution in [0.5, 0.6) is 0 Å². The predicted molar refractivity (Wildman–Crippen MR) is 85.4 cm³/mol. The molecule has 27 heavy (non-hydrogen) atoms. The van der Waals surface area contributed by atoms with Crippen LogP contribution in [0.1, 0.15) is 21.6 Å². The highest BCUT2D eigenvalue weighted by Crippen LogP contribution is 2.31. The average molecular weight is 382 g/mol. The van der Waals surface area contributed by atoms with Gasteiger partial charge < -0.3 is 5.32 Å². The minimum absolute atomic E-state index is 0.0508. The number of alkyl halides is 3. The van der Waals surface area contributed by atoms with E-state index in [0.717, 1.165) is 0 Å². The van der Waals surface area contributed by atoms with Gasteiger partial charge in [-0.1, -0.05) is 6.07 Å². The van der Waals surface area contributed by atoms with Crippen molar-refractivity contribution in [3.63, 3.8) is 0 Å². The molecule has 2 heterocycles. The second kappa shape index (κ2) is 6.78. The molecule has 0 aliphatic rings. The van der Waals surface area contributed by atoms with Gasteiger partial charge in [0.1, 0.15) is 23.0 Å². The molecule has 5 nitrogen and oxygen atoms in total. The highest BCUT2D eigenvalue weighted by atomic mass is 19.4. The second-order valence-electron chi connectivity index (χ2n) is 5.54. The van der Waals surface area contributed by atoms with Crippen molar-refractivity contribution >= 4 is 11.7 Å². The van der Waals surface area contributed by atoms with Gasteiger partial charge in [0.2, 0.25) is 0 Å². The SMILES string of the molecule is Cc1cc(NC(=O)c2c(F)cc(C(F)(F)F)cc2F)n(-c2ccccn2)n1. The van der Waals surface area contributed by atoms with Crippen LogP contribution in [-0.2, 0) is 6.18 Å². The molecule has 3 aromatic rings. The van der Waals surface area contributed by atoms with E-state index in [1.807, 2.05) is 0 Å². The summed E-state index contributed by atoms with van der Waals surface area (Å²) in [5, 5.41) is 6.37. The smallest absolute Gasteiger partial charge is 0.306 e.